The monoisotopic (exact) mass is 196 g/mol. The van der Waals surface area contributed by atoms with Crippen LogP contribution in [0.2, 0.25) is 0 Å². The summed E-state index contributed by atoms with van der Waals surface area (Å²) in [5, 5.41) is 3.04. The smallest absolute Gasteiger partial charge is 0.295 e. The molecule has 0 saturated heterocycles. The van der Waals surface area contributed by atoms with Crippen LogP contribution in [0.5, 0.6) is 5.75 Å². The largest absolute Gasteiger partial charge is 0.489 e. The zero-order valence-corrected chi connectivity index (χ0v) is 7.78. The lowest BCUT2D eigenvalue weighted by Crippen LogP contribution is -2.18. The fourth-order valence-electron chi connectivity index (χ4n) is 1.24. The highest BCUT2D eigenvalue weighted by Crippen LogP contribution is 2.25. The lowest BCUT2D eigenvalue weighted by Gasteiger charge is -2.07. The van der Waals surface area contributed by atoms with Gasteiger partial charge in [-0.15, -0.1) is 0 Å². The van der Waals surface area contributed by atoms with E-state index in [2.05, 4.69) is 15.3 Å². The number of nitrogens with zero attached hydrogens (tertiary/aromatic N) is 1. The summed E-state index contributed by atoms with van der Waals surface area (Å²) in [6, 6.07) is 0.360. The predicted octanol–water partition coefficient (Wildman–Crippen LogP) is -0.710. The molecule has 0 aromatic carbocycles. The van der Waals surface area contributed by atoms with Crippen molar-refractivity contribution in [2.24, 2.45) is 5.73 Å². The van der Waals surface area contributed by atoms with E-state index in [-0.39, 0.29) is 23.4 Å². The standard InChI is InChI=1S/C8H12N4O2/c1-14-6-7(10-3-11-8(6)13)12-5-2-4(5)9/h3-5H,2,9H2,1H3,(H2,10,11,12,13). The van der Waals surface area contributed by atoms with E-state index in [0.717, 1.165) is 6.42 Å². The Labute approximate surface area is 80.5 Å². The third-order valence-electron chi connectivity index (χ3n) is 2.18. The molecule has 1 heterocycles. The molecule has 1 aliphatic rings. The molecule has 1 fully saturated rings. The fraction of sp³-hybridized carbons (Fsp3) is 0.500. The maximum Gasteiger partial charge on any atom is 0.295 e. The van der Waals surface area contributed by atoms with Crippen molar-refractivity contribution in [3.05, 3.63) is 16.7 Å². The molecule has 1 aromatic heterocycles. The Balaban J connectivity index is 2.23. The van der Waals surface area contributed by atoms with Crippen molar-refractivity contribution in [3.8, 4) is 5.75 Å². The van der Waals surface area contributed by atoms with Crippen molar-refractivity contribution in [1.29, 1.82) is 0 Å². The van der Waals surface area contributed by atoms with Gasteiger partial charge in [0.15, 0.2) is 5.82 Å². The molecule has 2 atom stereocenters. The summed E-state index contributed by atoms with van der Waals surface area (Å²) < 4.78 is 4.93. The molecular formula is C8H12N4O2. The van der Waals surface area contributed by atoms with E-state index in [4.69, 9.17) is 10.5 Å². The van der Waals surface area contributed by atoms with Crippen molar-refractivity contribution in [3.63, 3.8) is 0 Å². The Morgan fingerprint density at radius 2 is 2.50 bits per heavy atom. The van der Waals surface area contributed by atoms with Crippen LogP contribution in [0.25, 0.3) is 0 Å². The number of hydrogen-bond donors (Lipinski definition) is 3. The number of H-pyrrole nitrogens is 1. The summed E-state index contributed by atoms with van der Waals surface area (Å²) in [6.07, 6.45) is 2.23. The zero-order valence-electron chi connectivity index (χ0n) is 7.78. The Bertz CT molecular complexity index is 389. The van der Waals surface area contributed by atoms with Gasteiger partial charge in [-0.1, -0.05) is 0 Å². The van der Waals surface area contributed by atoms with Gasteiger partial charge in [0.2, 0.25) is 5.75 Å². The molecule has 2 unspecified atom stereocenters. The SMILES string of the molecule is COc1c(NC2CC2N)nc[nH]c1=O. The van der Waals surface area contributed by atoms with Gasteiger partial charge in [0.25, 0.3) is 5.56 Å². The van der Waals surface area contributed by atoms with Crippen molar-refractivity contribution >= 4 is 5.82 Å². The number of ether oxygens (including phenoxy) is 1. The molecular weight excluding hydrogens is 184 g/mol. The molecule has 2 rings (SSSR count). The van der Waals surface area contributed by atoms with Crippen molar-refractivity contribution < 1.29 is 4.74 Å². The van der Waals surface area contributed by atoms with Crippen molar-refractivity contribution in [1.82, 2.24) is 9.97 Å². The maximum absolute atomic E-state index is 11.3. The van der Waals surface area contributed by atoms with E-state index >= 15 is 0 Å². The Morgan fingerprint density at radius 3 is 3.07 bits per heavy atom. The van der Waals surface area contributed by atoms with Gasteiger partial charge in [0, 0.05) is 12.1 Å². The van der Waals surface area contributed by atoms with Crippen LogP contribution in [0.1, 0.15) is 6.42 Å². The average molecular weight is 196 g/mol. The summed E-state index contributed by atoms with van der Waals surface area (Å²) in [6.45, 7) is 0. The van der Waals surface area contributed by atoms with Crippen LogP contribution in [-0.4, -0.2) is 29.2 Å². The van der Waals surface area contributed by atoms with Gasteiger partial charge in [-0.2, -0.15) is 0 Å². The molecule has 0 aliphatic heterocycles. The van der Waals surface area contributed by atoms with Crippen LogP contribution in [0.4, 0.5) is 5.82 Å². The zero-order chi connectivity index (χ0) is 10.1. The molecule has 76 valence electrons. The number of anilines is 1. The molecule has 6 heteroatoms. The Morgan fingerprint density at radius 1 is 1.79 bits per heavy atom. The first kappa shape index (κ1) is 9.01. The van der Waals surface area contributed by atoms with Crippen molar-refractivity contribution in [2.75, 3.05) is 12.4 Å². The summed E-state index contributed by atoms with van der Waals surface area (Å²) in [4.78, 5) is 17.7. The highest BCUT2D eigenvalue weighted by atomic mass is 16.5. The minimum Gasteiger partial charge on any atom is -0.489 e. The highest BCUT2D eigenvalue weighted by molar-refractivity contribution is 5.50. The van der Waals surface area contributed by atoms with Crippen LogP contribution in [0.3, 0.4) is 0 Å². The summed E-state index contributed by atoms with van der Waals surface area (Å²) in [7, 11) is 1.43. The summed E-state index contributed by atoms with van der Waals surface area (Å²) in [5.74, 6) is 0.654. The first-order valence-corrected chi connectivity index (χ1v) is 4.36. The number of aromatic nitrogens is 2. The molecule has 4 N–H and O–H groups in total. The maximum atomic E-state index is 11.3. The van der Waals surface area contributed by atoms with Crippen LogP contribution in [0.15, 0.2) is 11.1 Å². The molecule has 0 spiro atoms. The molecule has 0 amide bonds. The van der Waals surface area contributed by atoms with Crippen molar-refractivity contribution in [2.45, 2.75) is 18.5 Å². The summed E-state index contributed by atoms with van der Waals surface area (Å²) >= 11 is 0. The minimum absolute atomic E-state index is 0.154. The highest BCUT2D eigenvalue weighted by Gasteiger charge is 2.34. The Hall–Kier alpha value is -1.56. The van der Waals surface area contributed by atoms with Gasteiger partial charge in [-0.05, 0) is 6.42 Å². The second-order valence-corrected chi connectivity index (χ2v) is 3.26. The van der Waals surface area contributed by atoms with E-state index in [0.29, 0.717) is 5.82 Å². The quantitative estimate of drug-likeness (QED) is 0.593. The van der Waals surface area contributed by atoms with Crippen LogP contribution >= 0.6 is 0 Å². The first-order chi connectivity index (χ1) is 6.72. The first-order valence-electron chi connectivity index (χ1n) is 4.36. The molecule has 6 nitrogen and oxygen atoms in total. The fourth-order valence-corrected chi connectivity index (χ4v) is 1.24. The van der Waals surface area contributed by atoms with Crippen LogP contribution in [-0.2, 0) is 0 Å². The third-order valence-corrected chi connectivity index (χ3v) is 2.18. The van der Waals surface area contributed by atoms with E-state index in [9.17, 15) is 4.79 Å². The minimum atomic E-state index is -0.292. The Kier molecular flexibility index (Phi) is 2.12. The van der Waals surface area contributed by atoms with E-state index in [1.807, 2.05) is 0 Å². The average Bonchev–Trinajstić information content (AvgIpc) is 2.82. The van der Waals surface area contributed by atoms with Gasteiger partial charge in [-0.25, -0.2) is 4.98 Å². The van der Waals surface area contributed by atoms with Gasteiger partial charge < -0.3 is 20.8 Å². The van der Waals surface area contributed by atoms with Gasteiger partial charge in [0.05, 0.1) is 13.4 Å². The molecule has 0 bridgehead atoms. The molecule has 14 heavy (non-hydrogen) atoms. The number of aromatic amines is 1. The second-order valence-electron chi connectivity index (χ2n) is 3.26. The number of rotatable bonds is 3. The number of hydrogen-bond acceptors (Lipinski definition) is 5. The van der Waals surface area contributed by atoms with E-state index in [1.54, 1.807) is 0 Å². The number of nitrogens with one attached hydrogen (secondary N) is 2. The molecule has 1 saturated carbocycles. The molecule has 1 aromatic rings. The predicted molar refractivity (Wildman–Crippen MR) is 51.4 cm³/mol. The van der Waals surface area contributed by atoms with Gasteiger partial charge in [0.1, 0.15) is 0 Å². The van der Waals surface area contributed by atoms with E-state index in [1.165, 1.54) is 13.4 Å². The normalized spacial score (nSPS) is 24.4. The summed E-state index contributed by atoms with van der Waals surface area (Å²) in [5.41, 5.74) is 5.33. The molecule has 1 aliphatic carbocycles. The molecule has 0 radical (unpaired) electrons. The lowest BCUT2D eigenvalue weighted by molar-refractivity contribution is 0.408. The van der Waals surface area contributed by atoms with Gasteiger partial charge in [-0.3, -0.25) is 4.79 Å². The van der Waals surface area contributed by atoms with Crippen LogP contribution < -0.4 is 21.3 Å². The number of methoxy groups -OCH3 is 1. The van der Waals surface area contributed by atoms with Crippen LogP contribution in [0, 0.1) is 0 Å². The second kappa shape index (κ2) is 3.30. The number of nitrogens with two attached hydrogens (primary N) is 1. The third kappa shape index (κ3) is 1.56. The lowest BCUT2D eigenvalue weighted by atomic mass is 10.5. The topological polar surface area (TPSA) is 93.0 Å². The van der Waals surface area contributed by atoms with Gasteiger partial charge >= 0.3 is 0 Å². The van der Waals surface area contributed by atoms with E-state index < -0.39 is 0 Å².